The molecular weight excluding hydrogens is 264 g/mol. The van der Waals surface area contributed by atoms with Gasteiger partial charge in [-0.3, -0.25) is 4.79 Å². The Balaban J connectivity index is 2.10. The van der Waals surface area contributed by atoms with E-state index >= 15 is 0 Å². The second kappa shape index (κ2) is 5.56. The van der Waals surface area contributed by atoms with Crippen molar-refractivity contribution in [2.24, 2.45) is 5.92 Å². The minimum Gasteiger partial charge on any atom is -0.394 e. The Kier molecular flexibility index (Phi) is 4.23. The molecule has 0 bridgehead atoms. The third kappa shape index (κ3) is 3.13. The summed E-state index contributed by atoms with van der Waals surface area (Å²) in [7, 11) is 1.60. The Hall–Kier alpha value is -0.980. The highest BCUT2D eigenvalue weighted by Crippen LogP contribution is 2.39. The third-order valence-electron chi connectivity index (χ3n) is 3.52. The van der Waals surface area contributed by atoms with Crippen molar-refractivity contribution in [2.45, 2.75) is 38.8 Å². The maximum absolute atomic E-state index is 12.3. The first-order valence-electron chi connectivity index (χ1n) is 6.39. The number of rotatable bonds is 6. The van der Waals surface area contributed by atoms with Crippen LogP contribution in [-0.2, 0) is 11.3 Å². The molecule has 1 amide bonds. The molecular formula is C13H20N2O3S. The number of carbonyl (C=O) groups excluding carboxylic acids is 1. The predicted molar refractivity (Wildman–Crippen MR) is 73.2 cm³/mol. The minimum absolute atomic E-state index is 0.0355. The van der Waals surface area contributed by atoms with Gasteiger partial charge in [0.15, 0.2) is 0 Å². The van der Waals surface area contributed by atoms with Gasteiger partial charge in [0.2, 0.25) is 0 Å². The van der Waals surface area contributed by atoms with Crippen LogP contribution in [-0.4, -0.2) is 35.3 Å². The highest BCUT2D eigenvalue weighted by Gasteiger charge is 2.42. The molecule has 0 spiro atoms. The molecule has 5 nitrogen and oxygen atoms in total. The summed E-state index contributed by atoms with van der Waals surface area (Å²) in [6.07, 6.45) is 2.13. The Morgan fingerprint density at radius 2 is 2.32 bits per heavy atom. The van der Waals surface area contributed by atoms with E-state index in [1.54, 1.807) is 7.11 Å². The van der Waals surface area contributed by atoms with Gasteiger partial charge in [-0.2, -0.15) is 0 Å². The average Bonchev–Trinajstić information content (AvgIpc) is 3.15. The zero-order valence-electron chi connectivity index (χ0n) is 11.5. The van der Waals surface area contributed by atoms with Crippen LogP contribution in [0.25, 0.3) is 0 Å². The first-order chi connectivity index (χ1) is 9.00. The molecule has 2 N–H and O–H groups in total. The number of nitrogens with one attached hydrogen (secondary N) is 1. The highest BCUT2D eigenvalue weighted by molar-refractivity contribution is 7.13. The van der Waals surface area contributed by atoms with E-state index < -0.39 is 5.54 Å². The Labute approximate surface area is 117 Å². The Morgan fingerprint density at radius 1 is 1.63 bits per heavy atom. The minimum atomic E-state index is -0.519. The van der Waals surface area contributed by atoms with Gasteiger partial charge in [0.05, 0.1) is 24.4 Å². The molecule has 0 aliphatic heterocycles. The first-order valence-corrected chi connectivity index (χ1v) is 7.20. The summed E-state index contributed by atoms with van der Waals surface area (Å²) in [5.74, 6) is 0.230. The lowest BCUT2D eigenvalue weighted by Crippen LogP contribution is -2.50. The van der Waals surface area contributed by atoms with Crippen molar-refractivity contribution >= 4 is 17.2 Å². The normalized spacial score (nSPS) is 18.1. The summed E-state index contributed by atoms with van der Waals surface area (Å²) in [6.45, 7) is 4.10. The van der Waals surface area contributed by atoms with Crippen LogP contribution in [0.3, 0.4) is 0 Å². The fourth-order valence-electron chi connectivity index (χ4n) is 2.16. The number of amides is 1. The SMILES string of the molecule is COCc1nc(C)c(C(=O)NC(C)(CO)C2CC2)s1. The van der Waals surface area contributed by atoms with Gasteiger partial charge in [-0.1, -0.05) is 0 Å². The number of aliphatic hydroxyl groups excluding tert-OH is 1. The van der Waals surface area contributed by atoms with Gasteiger partial charge in [0, 0.05) is 7.11 Å². The lowest BCUT2D eigenvalue weighted by atomic mass is 9.97. The molecule has 1 saturated carbocycles. The molecule has 1 atom stereocenters. The van der Waals surface area contributed by atoms with Gasteiger partial charge in [0.1, 0.15) is 9.88 Å². The molecule has 1 unspecified atom stereocenters. The molecule has 0 aromatic carbocycles. The number of carbonyl (C=O) groups is 1. The van der Waals surface area contributed by atoms with Crippen molar-refractivity contribution in [1.29, 1.82) is 0 Å². The van der Waals surface area contributed by atoms with Crippen molar-refractivity contribution in [3.63, 3.8) is 0 Å². The molecule has 1 aromatic heterocycles. The summed E-state index contributed by atoms with van der Waals surface area (Å²) in [5, 5.41) is 13.3. The number of aromatic nitrogens is 1. The molecule has 0 saturated heterocycles. The number of hydrogen-bond acceptors (Lipinski definition) is 5. The van der Waals surface area contributed by atoms with Crippen LogP contribution < -0.4 is 5.32 Å². The van der Waals surface area contributed by atoms with Gasteiger partial charge in [0.25, 0.3) is 5.91 Å². The predicted octanol–water partition coefficient (Wildman–Crippen LogP) is 1.49. The second-order valence-electron chi connectivity index (χ2n) is 5.26. The molecule has 1 aliphatic carbocycles. The van der Waals surface area contributed by atoms with E-state index in [1.807, 2.05) is 13.8 Å². The van der Waals surface area contributed by atoms with E-state index in [1.165, 1.54) is 11.3 Å². The number of nitrogens with zero attached hydrogens (tertiary/aromatic N) is 1. The van der Waals surface area contributed by atoms with Crippen molar-refractivity contribution in [2.75, 3.05) is 13.7 Å². The number of aryl methyl sites for hydroxylation is 1. The van der Waals surface area contributed by atoms with Gasteiger partial charge in [-0.05, 0) is 32.6 Å². The molecule has 19 heavy (non-hydrogen) atoms. The van der Waals surface area contributed by atoms with Crippen LogP contribution in [0, 0.1) is 12.8 Å². The number of hydrogen-bond donors (Lipinski definition) is 2. The van der Waals surface area contributed by atoms with Crippen molar-refractivity contribution in [3.8, 4) is 0 Å². The van der Waals surface area contributed by atoms with E-state index in [0.29, 0.717) is 23.1 Å². The molecule has 0 radical (unpaired) electrons. The van der Waals surface area contributed by atoms with Crippen LogP contribution in [0.2, 0.25) is 0 Å². The lowest BCUT2D eigenvalue weighted by Gasteiger charge is -2.28. The maximum Gasteiger partial charge on any atom is 0.263 e. The maximum atomic E-state index is 12.3. The fourth-order valence-corrected chi connectivity index (χ4v) is 3.09. The van der Waals surface area contributed by atoms with Gasteiger partial charge in [-0.15, -0.1) is 11.3 Å². The van der Waals surface area contributed by atoms with E-state index in [4.69, 9.17) is 4.74 Å². The number of thiazole rings is 1. The van der Waals surface area contributed by atoms with Gasteiger partial charge >= 0.3 is 0 Å². The van der Waals surface area contributed by atoms with E-state index in [9.17, 15) is 9.90 Å². The van der Waals surface area contributed by atoms with Crippen LogP contribution in [0.4, 0.5) is 0 Å². The zero-order chi connectivity index (χ0) is 14.0. The quantitative estimate of drug-likeness (QED) is 0.830. The Bertz CT molecular complexity index is 470. The summed E-state index contributed by atoms with van der Waals surface area (Å²) >= 11 is 1.35. The van der Waals surface area contributed by atoms with Crippen molar-refractivity contribution in [1.82, 2.24) is 10.3 Å². The first kappa shape index (κ1) is 14.4. The summed E-state index contributed by atoms with van der Waals surface area (Å²) in [5.41, 5.74) is 0.195. The molecule has 6 heteroatoms. The van der Waals surface area contributed by atoms with Crippen LogP contribution in [0.5, 0.6) is 0 Å². The van der Waals surface area contributed by atoms with Gasteiger partial charge in [-0.25, -0.2) is 4.98 Å². The Morgan fingerprint density at radius 3 is 2.84 bits per heavy atom. The average molecular weight is 284 g/mol. The van der Waals surface area contributed by atoms with Crippen LogP contribution in [0.1, 0.15) is 40.1 Å². The standard InChI is InChI=1S/C13H20N2O3S/c1-8-11(19-10(14-8)6-18-3)12(17)15-13(2,7-16)9-4-5-9/h9,16H,4-7H2,1-3H3,(H,15,17). The number of aliphatic hydroxyl groups is 1. The molecule has 1 heterocycles. The van der Waals surface area contributed by atoms with Crippen LogP contribution >= 0.6 is 11.3 Å². The summed E-state index contributed by atoms with van der Waals surface area (Å²) < 4.78 is 5.02. The lowest BCUT2D eigenvalue weighted by molar-refractivity contribution is 0.0828. The smallest absolute Gasteiger partial charge is 0.263 e. The monoisotopic (exact) mass is 284 g/mol. The molecule has 1 aliphatic rings. The van der Waals surface area contributed by atoms with E-state index in [2.05, 4.69) is 10.3 Å². The highest BCUT2D eigenvalue weighted by atomic mass is 32.1. The topological polar surface area (TPSA) is 71.5 Å². The third-order valence-corrected chi connectivity index (χ3v) is 4.65. The second-order valence-corrected chi connectivity index (χ2v) is 6.34. The number of methoxy groups -OCH3 is 1. The van der Waals surface area contributed by atoms with E-state index in [0.717, 1.165) is 17.8 Å². The molecule has 106 valence electrons. The van der Waals surface area contributed by atoms with E-state index in [-0.39, 0.29) is 12.5 Å². The molecule has 1 aromatic rings. The number of ether oxygens (including phenoxy) is 1. The fraction of sp³-hybridized carbons (Fsp3) is 0.692. The molecule has 1 fully saturated rings. The zero-order valence-corrected chi connectivity index (χ0v) is 12.3. The van der Waals surface area contributed by atoms with Crippen molar-refractivity contribution in [3.05, 3.63) is 15.6 Å². The van der Waals surface area contributed by atoms with Crippen LogP contribution in [0.15, 0.2) is 0 Å². The summed E-state index contributed by atoms with van der Waals surface area (Å²) in [6, 6.07) is 0. The van der Waals surface area contributed by atoms with Crippen molar-refractivity contribution < 1.29 is 14.6 Å². The molecule has 2 rings (SSSR count). The largest absolute Gasteiger partial charge is 0.394 e. The van der Waals surface area contributed by atoms with Gasteiger partial charge < -0.3 is 15.2 Å². The summed E-state index contributed by atoms with van der Waals surface area (Å²) in [4.78, 5) is 17.2.